The first-order valence-corrected chi connectivity index (χ1v) is 6.44. The lowest BCUT2D eigenvalue weighted by Crippen LogP contribution is -2.12. The van der Waals surface area contributed by atoms with Crippen molar-refractivity contribution >= 4 is 33.2 Å². The lowest BCUT2D eigenvalue weighted by Gasteiger charge is -2.16. The van der Waals surface area contributed by atoms with Gasteiger partial charge in [-0.1, -0.05) is 11.6 Å². The Balaban J connectivity index is 2.19. The molecule has 1 aromatic heterocycles. The van der Waals surface area contributed by atoms with Crippen LogP contribution < -0.4 is 5.32 Å². The number of rotatable bonds is 3. The van der Waals surface area contributed by atoms with Gasteiger partial charge < -0.3 is 9.88 Å². The van der Waals surface area contributed by atoms with Crippen LogP contribution in [0.2, 0.25) is 5.02 Å². The summed E-state index contributed by atoms with van der Waals surface area (Å²) in [6.45, 7) is 2.07. The molecule has 3 nitrogen and oxygen atoms in total. The minimum Gasteiger partial charge on any atom is -0.374 e. The quantitative estimate of drug-likeness (QED) is 0.927. The standard InChI is InChI=1S/C12H13BrClN3/c1-8(12-15-5-6-17(12)2)16-11-4-3-9(14)7-10(11)13/h3-8,16H,1-2H3. The first-order chi connectivity index (χ1) is 8.08. The van der Waals surface area contributed by atoms with Gasteiger partial charge in [0.15, 0.2) is 0 Å². The van der Waals surface area contributed by atoms with Crippen LogP contribution in [0.5, 0.6) is 0 Å². The number of nitrogens with zero attached hydrogens (tertiary/aromatic N) is 2. The van der Waals surface area contributed by atoms with Crippen molar-refractivity contribution in [2.45, 2.75) is 13.0 Å². The van der Waals surface area contributed by atoms with Gasteiger partial charge in [-0.25, -0.2) is 4.98 Å². The van der Waals surface area contributed by atoms with Crippen LogP contribution in [0.4, 0.5) is 5.69 Å². The number of imidazole rings is 1. The molecule has 90 valence electrons. The lowest BCUT2D eigenvalue weighted by molar-refractivity contribution is 0.721. The highest BCUT2D eigenvalue weighted by Crippen LogP contribution is 2.28. The highest BCUT2D eigenvalue weighted by molar-refractivity contribution is 9.10. The highest BCUT2D eigenvalue weighted by atomic mass is 79.9. The molecular weight excluding hydrogens is 302 g/mol. The molecule has 0 saturated carbocycles. The van der Waals surface area contributed by atoms with E-state index in [-0.39, 0.29) is 6.04 Å². The smallest absolute Gasteiger partial charge is 0.130 e. The van der Waals surface area contributed by atoms with Gasteiger partial charge in [0.1, 0.15) is 5.82 Å². The van der Waals surface area contributed by atoms with E-state index in [1.807, 2.05) is 36.0 Å². The van der Waals surface area contributed by atoms with E-state index in [2.05, 4.69) is 33.2 Å². The van der Waals surface area contributed by atoms with Gasteiger partial charge in [-0.3, -0.25) is 0 Å². The van der Waals surface area contributed by atoms with E-state index in [0.717, 1.165) is 16.0 Å². The average Bonchev–Trinajstić information content (AvgIpc) is 2.68. The van der Waals surface area contributed by atoms with Gasteiger partial charge in [0.2, 0.25) is 0 Å². The summed E-state index contributed by atoms with van der Waals surface area (Å²) < 4.78 is 2.95. The van der Waals surface area contributed by atoms with E-state index >= 15 is 0 Å². The Bertz CT molecular complexity index is 524. The molecule has 1 heterocycles. The third kappa shape index (κ3) is 2.82. The molecule has 0 bridgehead atoms. The van der Waals surface area contributed by atoms with Crippen molar-refractivity contribution in [3.8, 4) is 0 Å². The molecule has 1 N–H and O–H groups in total. The van der Waals surface area contributed by atoms with Crippen LogP contribution in [-0.4, -0.2) is 9.55 Å². The van der Waals surface area contributed by atoms with E-state index in [4.69, 9.17) is 11.6 Å². The van der Waals surface area contributed by atoms with Crippen LogP contribution in [0.25, 0.3) is 0 Å². The van der Waals surface area contributed by atoms with Crippen molar-refractivity contribution in [3.05, 3.63) is 45.9 Å². The molecule has 1 aromatic carbocycles. The average molecular weight is 315 g/mol. The van der Waals surface area contributed by atoms with Gasteiger partial charge in [-0.05, 0) is 41.1 Å². The molecule has 0 aliphatic carbocycles. The Morgan fingerprint density at radius 3 is 2.82 bits per heavy atom. The van der Waals surface area contributed by atoms with Crippen LogP contribution in [0.15, 0.2) is 35.1 Å². The molecule has 0 amide bonds. The van der Waals surface area contributed by atoms with Crippen LogP contribution >= 0.6 is 27.5 Å². The first-order valence-electron chi connectivity index (χ1n) is 5.26. The maximum absolute atomic E-state index is 5.90. The number of nitrogens with one attached hydrogen (secondary N) is 1. The maximum atomic E-state index is 5.90. The number of hydrogen-bond acceptors (Lipinski definition) is 2. The topological polar surface area (TPSA) is 29.9 Å². The van der Waals surface area contributed by atoms with E-state index in [0.29, 0.717) is 5.02 Å². The summed E-state index contributed by atoms with van der Waals surface area (Å²) in [5, 5.41) is 4.11. The summed E-state index contributed by atoms with van der Waals surface area (Å²) in [5.74, 6) is 0.992. The molecule has 0 radical (unpaired) electrons. The second kappa shape index (κ2) is 5.10. The molecule has 2 aromatic rings. The molecule has 1 atom stereocenters. The summed E-state index contributed by atoms with van der Waals surface area (Å²) in [4.78, 5) is 4.32. The normalized spacial score (nSPS) is 12.5. The largest absolute Gasteiger partial charge is 0.374 e. The van der Waals surface area contributed by atoms with Crippen molar-refractivity contribution in [2.75, 3.05) is 5.32 Å². The zero-order valence-corrected chi connectivity index (χ0v) is 12.0. The molecule has 0 fully saturated rings. The van der Waals surface area contributed by atoms with Crippen molar-refractivity contribution in [1.29, 1.82) is 0 Å². The predicted molar refractivity (Wildman–Crippen MR) is 74.4 cm³/mol. The fraction of sp³-hybridized carbons (Fsp3) is 0.250. The number of aryl methyl sites for hydroxylation is 1. The summed E-state index contributed by atoms with van der Waals surface area (Å²) in [6.07, 6.45) is 3.73. The number of halogens is 2. The van der Waals surface area contributed by atoms with Gasteiger partial charge in [-0.2, -0.15) is 0 Å². The second-order valence-corrected chi connectivity index (χ2v) is 5.18. The zero-order valence-electron chi connectivity index (χ0n) is 9.61. The Hall–Kier alpha value is -1.00. The molecule has 0 spiro atoms. The molecule has 1 unspecified atom stereocenters. The number of aromatic nitrogens is 2. The van der Waals surface area contributed by atoms with Gasteiger partial charge in [0.05, 0.1) is 6.04 Å². The third-order valence-corrected chi connectivity index (χ3v) is 3.44. The van der Waals surface area contributed by atoms with Crippen LogP contribution in [0, 0.1) is 0 Å². The maximum Gasteiger partial charge on any atom is 0.130 e. The van der Waals surface area contributed by atoms with Gasteiger partial charge in [0, 0.05) is 34.6 Å². The zero-order chi connectivity index (χ0) is 12.4. The number of hydrogen-bond donors (Lipinski definition) is 1. The second-order valence-electron chi connectivity index (χ2n) is 3.89. The summed E-state index contributed by atoms with van der Waals surface area (Å²) in [6, 6.07) is 5.81. The number of benzene rings is 1. The highest BCUT2D eigenvalue weighted by Gasteiger charge is 2.11. The Kier molecular flexibility index (Phi) is 3.74. The summed E-state index contributed by atoms with van der Waals surface area (Å²) in [5.41, 5.74) is 1.00. The molecule has 2 rings (SSSR count). The Morgan fingerprint density at radius 2 is 2.24 bits per heavy atom. The molecule has 17 heavy (non-hydrogen) atoms. The van der Waals surface area contributed by atoms with Crippen molar-refractivity contribution in [3.63, 3.8) is 0 Å². The van der Waals surface area contributed by atoms with E-state index in [1.165, 1.54) is 0 Å². The van der Waals surface area contributed by atoms with E-state index < -0.39 is 0 Å². The van der Waals surface area contributed by atoms with Crippen molar-refractivity contribution in [1.82, 2.24) is 9.55 Å². The molecular formula is C12H13BrClN3. The summed E-state index contributed by atoms with van der Waals surface area (Å²) in [7, 11) is 1.98. The summed E-state index contributed by atoms with van der Waals surface area (Å²) >= 11 is 9.39. The fourth-order valence-corrected chi connectivity index (χ4v) is 2.50. The van der Waals surface area contributed by atoms with Gasteiger partial charge >= 0.3 is 0 Å². The molecule has 0 aliphatic rings. The monoisotopic (exact) mass is 313 g/mol. The minimum atomic E-state index is 0.132. The molecule has 0 aliphatic heterocycles. The van der Waals surface area contributed by atoms with Crippen molar-refractivity contribution in [2.24, 2.45) is 7.05 Å². The predicted octanol–water partition coefficient (Wildman–Crippen LogP) is 4.01. The Labute approximate surface area is 114 Å². The third-order valence-electron chi connectivity index (χ3n) is 2.55. The SMILES string of the molecule is CC(Nc1ccc(Cl)cc1Br)c1nccn1C. The van der Waals surface area contributed by atoms with E-state index in [1.54, 1.807) is 6.20 Å². The van der Waals surface area contributed by atoms with Crippen LogP contribution in [0.3, 0.4) is 0 Å². The Morgan fingerprint density at radius 1 is 1.47 bits per heavy atom. The number of anilines is 1. The minimum absolute atomic E-state index is 0.132. The van der Waals surface area contributed by atoms with Crippen molar-refractivity contribution < 1.29 is 0 Å². The van der Waals surface area contributed by atoms with Gasteiger partial charge in [0.25, 0.3) is 0 Å². The van der Waals surface area contributed by atoms with Gasteiger partial charge in [-0.15, -0.1) is 0 Å². The van der Waals surface area contributed by atoms with Crippen LogP contribution in [-0.2, 0) is 7.05 Å². The molecule has 5 heteroatoms. The lowest BCUT2D eigenvalue weighted by atomic mass is 10.2. The van der Waals surface area contributed by atoms with E-state index in [9.17, 15) is 0 Å². The molecule has 0 saturated heterocycles. The fourth-order valence-electron chi connectivity index (χ4n) is 1.70. The first kappa shape index (κ1) is 12.5. The van der Waals surface area contributed by atoms with Crippen LogP contribution in [0.1, 0.15) is 18.8 Å².